The highest BCUT2D eigenvalue weighted by Gasteiger charge is 2.14. The highest BCUT2D eigenvalue weighted by atomic mass is 16.5. The van der Waals surface area contributed by atoms with E-state index in [0.29, 0.717) is 18.1 Å². The van der Waals surface area contributed by atoms with Gasteiger partial charge in [-0.2, -0.15) is 9.61 Å². The Hall–Kier alpha value is -3.75. The van der Waals surface area contributed by atoms with Gasteiger partial charge in [0.05, 0.1) is 5.69 Å². The van der Waals surface area contributed by atoms with Crippen molar-refractivity contribution in [1.29, 1.82) is 0 Å². The van der Waals surface area contributed by atoms with E-state index in [0.717, 1.165) is 11.3 Å². The second-order valence-corrected chi connectivity index (χ2v) is 5.92. The smallest absolute Gasteiger partial charge is 0.260 e. The van der Waals surface area contributed by atoms with Crippen LogP contribution in [0.1, 0.15) is 5.56 Å². The largest absolute Gasteiger partial charge is 0.467 e. The molecule has 0 unspecified atom stereocenters. The third-order valence-corrected chi connectivity index (χ3v) is 4.06. The van der Waals surface area contributed by atoms with Gasteiger partial charge in [0.2, 0.25) is 5.88 Å². The molecule has 0 aliphatic heterocycles. The average molecular weight is 363 g/mol. The predicted molar refractivity (Wildman–Crippen MR) is 96.3 cm³/mol. The van der Waals surface area contributed by atoms with Crippen LogP contribution in [0.2, 0.25) is 0 Å². The number of ether oxygens (including phenoxy) is 1. The summed E-state index contributed by atoms with van der Waals surface area (Å²) in [5, 5.41) is 16.1. The first-order valence-corrected chi connectivity index (χ1v) is 8.32. The number of nitrogens with zero attached hydrogens (tertiary/aromatic N) is 7. The summed E-state index contributed by atoms with van der Waals surface area (Å²) in [7, 11) is 1.74. The van der Waals surface area contributed by atoms with Gasteiger partial charge in [0.1, 0.15) is 6.33 Å². The Kier molecular flexibility index (Phi) is 4.48. The standard InChI is InChI=1S/C18H17N7O2/c1-23(11-14-5-2-3-6-15(14)24-10-4-9-20-24)18(26)12-27-17-8-7-16-21-19-13-25(16)22-17/h2-10,13H,11-12H2,1H3. The zero-order valence-electron chi connectivity index (χ0n) is 14.6. The molecule has 4 aromatic rings. The molecule has 1 aromatic carbocycles. The lowest BCUT2D eigenvalue weighted by molar-refractivity contribution is -0.132. The predicted octanol–water partition coefficient (Wildman–Crippen LogP) is 1.35. The van der Waals surface area contributed by atoms with Crippen molar-refractivity contribution in [2.75, 3.05) is 13.7 Å². The van der Waals surface area contributed by atoms with E-state index < -0.39 is 0 Å². The van der Waals surface area contributed by atoms with Gasteiger partial charge < -0.3 is 9.64 Å². The number of benzene rings is 1. The molecule has 0 bridgehead atoms. The monoisotopic (exact) mass is 363 g/mol. The molecule has 27 heavy (non-hydrogen) atoms. The number of hydrogen-bond acceptors (Lipinski definition) is 6. The number of likely N-dealkylation sites (N-methyl/N-ethyl adjacent to an activating group) is 1. The van der Waals surface area contributed by atoms with Crippen molar-refractivity contribution in [3.05, 3.63) is 66.7 Å². The summed E-state index contributed by atoms with van der Waals surface area (Å²) >= 11 is 0. The Labute approximate surface area is 154 Å². The fraction of sp³-hybridized carbons (Fsp3) is 0.167. The van der Waals surface area contributed by atoms with Gasteiger partial charge >= 0.3 is 0 Å². The van der Waals surface area contributed by atoms with Crippen LogP contribution in [0, 0.1) is 0 Å². The van der Waals surface area contributed by atoms with Crippen LogP contribution in [-0.4, -0.2) is 54.1 Å². The van der Waals surface area contributed by atoms with Gasteiger partial charge in [0.15, 0.2) is 12.3 Å². The van der Waals surface area contributed by atoms with Crippen LogP contribution >= 0.6 is 0 Å². The second-order valence-electron chi connectivity index (χ2n) is 5.92. The van der Waals surface area contributed by atoms with E-state index in [1.165, 1.54) is 10.8 Å². The molecule has 0 radical (unpaired) electrons. The van der Waals surface area contributed by atoms with Gasteiger partial charge in [-0.1, -0.05) is 18.2 Å². The molecule has 3 aromatic heterocycles. The molecule has 9 heteroatoms. The summed E-state index contributed by atoms with van der Waals surface area (Å²) in [6.07, 6.45) is 5.07. The SMILES string of the molecule is CN(Cc1ccccc1-n1cccn1)C(=O)COc1ccc2nncn2n1. The van der Waals surface area contributed by atoms with E-state index in [1.54, 1.807) is 35.0 Å². The maximum absolute atomic E-state index is 12.5. The Balaban J connectivity index is 1.41. The summed E-state index contributed by atoms with van der Waals surface area (Å²) in [4.78, 5) is 14.1. The minimum atomic E-state index is -0.157. The first-order chi connectivity index (χ1) is 13.2. The number of carbonyl (C=O) groups excluding carboxylic acids is 1. The van der Waals surface area contributed by atoms with Crippen LogP contribution in [0.5, 0.6) is 5.88 Å². The lowest BCUT2D eigenvalue weighted by Gasteiger charge is -2.19. The average Bonchev–Trinajstić information content (AvgIpc) is 3.37. The number of aromatic nitrogens is 6. The third-order valence-electron chi connectivity index (χ3n) is 4.06. The number of hydrogen-bond donors (Lipinski definition) is 0. The Bertz CT molecular complexity index is 1060. The van der Waals surface area contributed by atoms with Crippen LogP contribution in [-0.2, 0) is 11.3 Å². The van der Waals surface area contributed by atoms with Gasteiger partial charge in [-0.3, -0.25) is 4.79 Å². The number of rotatable bonds is 6. The van der Waals surface area contributed by atoms with E-state index >= 15 is 0 Å². The molecule has 0 aliphatic carbocycles. The van der Waals surface area contributed by atoms with E-state index in [4.69, 9.17) is 4.74 Å². The van der Waals surface area contributed by atoms with Crippen LogP contribution in [0.15, 0.2) is 61.2 Å². The fourth-order valence-electron chi connectivity index (χ4n) is 2.66. The number of para-hydroxylation sites is 1. The number of fused-ring (bicyclic) bond motifs is 1. The molecule has 0 atom stereocenters. The van der Waals surface area contributed by atoms with E-state index in [-0.39, 0.29) is 12.5 Å². The van der Waals surface area contributed by atoms with E-state index in [9.17, 15) is 4.79 Å². The van der Waals surface area contributed by atoms with Crippen molar-refractivity contribution in [2.24, 2.45) is 0 Å². The third kappa shape index (κ3) is 3.61. The minimum absolute atomic E-state index is 0.110. The molecular formula is C18H17N7O2. The van der Waals surface area contributed by atoms with Crippen molar-refractivity contribution in [1.82, 2.24) is 34.5 Å². The van der Waals surface area contributed by atoms with E-state index in [1.807, 2.05) is 36.5 Å². The summed E-state index contributed by atoms with van der Waals surface area (Å²) < 4.78 is 8.78. The molecular weight excluding hydrogens is 346 g/mol. The van der Waals surface area contributed by atoms with Crippen LogP contribution in [0.3, 0.4) is 0 Å². The Morgan fingerprint density at radius 1 is 1.19 bits per heavy atom. The first kappa shape index (κ1) is 16.7. The lowest BCUT2D eigenvalue weighted by atomic mass is 10.1. The van der Waals surface area contributed by atoms with Gasteiger partial charge in [-0.05, 0) is 23.8 Å². The normalized spacial score (nSPS) is 10.9. The highest BCUT2D eigenvalue weighted by molar-refractivity contribution is 5.77. The number of amides is 1. The summed E-state index contributed by atoms with van der Waals surface area (Å²) in [5.74, 6) is 0.178. The molecule has 0 spiro atoms. The lowest BCUT2D eigenvalue weighted by Crippen LogP contribution is -2.31. The van der Waals surface area contributed by atoms with Crippen molar-refractivity contribution in [3.8, 4) is 11.6 Å². The molecule has 0 N–H and O–H groups in total. The molecule has 0 saturated carbocycles. The number of carbonyl (C=O) groups is 1. The van der Waals surface area contributed by atoms with Crippen LogP contribution < -0.4 is 4.74 Å². The molecule has 9 nitrogen and oxygen atoms in total. The zero-order chi connectivity index (χ0) is 18.6. The summed E-state index contributed by atoms with van der Waals surface area (Å²) in [6.45, 7) is 0.331. The summed E-state index contributed by atoms with van der Waals surface area (Å²) in [6, 6.07) is 13.1. The molecule has 3 heterocycles. The van der Waals surface area contributed by atoms with Crippen molar-refractivity contribution in [2.45, 2.75) is 6.54 Å². The van der Waals surface area contributed by atoms with Crippen molar-refractivity contribution >= 4 is 11.6 Å². The summed E-state index contributed by atoms with van der Waals surface area (Å²) in [5.41, 5.74) is 2.53. The quantitative estimate of drug-likeness (QED) is 0.514. The Morgan fingerprint density at radius 2 is 2.07 bits per heavy atom. The van der Waals surface area contributed by atoms with Gasteiger partial charge in [-0.25, -0.2) is 4.68 Å². The van der Waals surface area contributed by atoms with Crippen molar-refractivity contribution in [3.63, 3.8) is 0 Å². The maximum atomic E-state index is 12.5. The zero-order valence-corrected chi connectivity index (χ0v) is 14.6. The van der Waals surface area contributed by atoms with Crippen LogP contribution in [0.4, 0.5) is 0 Å². The first-order valence-electron chi connectivity index (χ1n) is 8.32. The maximum Gasteiger partial charge on any atom is 0.260 e. The van der Waals surface area contributed by atoms with E-state index in [2.05, 4.69) is 20.4 Å². The molecule has 0 fully saturated rings. The molecule has 0 saturated heterocycles. The van der Waals surface area contributed by atoms with Gasteiger partial charge in [0.25, 0.3) is 5.91 Å². The molecule has 136 valence electrons. The Morgan fingerprint density at radius 3 is 2.93 bits per heavy atom. The van der Waals surface area contributed by atoms with Crippen molar-refractivity contribution < 1.29 is 9.53 Å². The van der Waals surface area contributed by atoms with Gasteiger partial charge in [-0.15, -0.1) is 15.3 Å². The van der Waals surface area contributed by atoms with Crippen LogP contribution in [0.25, 0.3) is 11.3 Å². The second kappa shape index (κ2) is 7.24. The van der Waals surface area contributed by atoms with Gasteiger partial charge in [0, 0.05) is 32.1 Å². The molecule has 1 amide bonds. The topological polar surface area (TPSA) is 90.4 Å². The minimum Gasteiger partial charge on any atom is -0.467 e. The highest BCUT2D eigenvalue weighted by Crippen LogP contribution is 2.15. The molecule has 4 rings (SSSR count). The fourth-order valence-corrected chi connectivity index (χ4v) is 2.66. The molecule has 0 aliphatic rings.